The monoisotopic (exact) mass is 272 g/mol. The number of benzene rings is 1. The van der Waals surface area contributed by atoms with Gasteiger partial charge in [0.15, 0.2) is 0 Å². The number of rotatable bonds is 3. The molecular formula is C17H24N2O. The first-order valence-electron chi connectivity index (χ1n) is 6.92. The van der Waals surface area contributed by atoms with Gasteiger partial charge in [0.1, 0.15) is 0 Å². The highest BCUT2D eigenvalue weighted by molar-refractivity contribution is 5.94. The highest BCUT2D eigenvalue weighted by atomic mass is 16.1. The normalized spacial score (nSPS) is 12.2. The molecule has 1 unspecified atom stereocenters. The summed E-state index contributed by atoms with van der Waals surface area (Å²) in [5.41, 5.74) is 6.97. The van der Waals surface area contributed by atoms with Gasteiger partial charge in [0.25, 0.3) is 5.91 Å². The lowest BCUT2D eigenvalue weighted by atomic mass is 9.82. The van der Waals surface area contributed by atoms with E-state index in [0.717, 1.165) is 5.56 Å². The molecule has 0 spiro atoms. The molecule has 108 valence electrons. The molecule has 3 N–H and O–H groups in total. The van der Waals surface area contributed by atoms with Gasteiger partial charge in [0.05, 0.1) is 6.54 Å². The molecule has 0 aliphatic rings. The average molecular weight is 272 g/mol. The summed E-state index contributed by atoms with van der Waals surface area (Å²) >= 11 is 0. The van der Waals surface area contributed by atoms with E-state index in [1.54, 1.807) is 12.1 Å². The summed E-state index contributed by atoms with van der Waals surface area (Å²) in [6, 6.07) is 7.30. The largest absolute Gasteiger partial charge is 0.352 e. The predicted octanol–water partition coefficient (Wildman–Crippen LogP) is 2.41. The Kier molecular flexibility index (Phi) is 5.79. The van der Waals surface area contributed by atoms with E-state index >= 15 is 0 Å². The molecule has 3 nitrogen and oxygen atoms in total. The third-order valence-electron chi connectivity index (χ3n) is 3.51. The molecule has 1 amide bonds. The van der Waals surface area contributed by atoms with Crippen LogP contribution in [0.2, 0.25) is 0 Å². The van der Waals surface area contributed by atoms with Crippen molar-refractivity contribution in [3.63, 3.8) is 0 Å². The van der Waals surface area contributed by atoms with E-state index in [1.807, 2.05) is 12.1 Å². The molecule has 1 rings (SSSR count). The van der Waals surface area contributed by atoms with Crippen molar-refractivity contribution in [3.8, 4) is 11.8 Å². The molecular weight excluding hydrogens is 248 g/mol. The summed E-state index contributed by atoms with van der Waals surface area (Å²) in [6.45, 7) is 9.65. The number of hydrogen-bond donors (Lipinski definition) is 2. The highest BCUT2D eigenvalue weighted by Crippen LogP contribution is 2.24. The molecule has 0 radical (unpaired) electrons. The van der Waals surface area contributed by atoms with Gasteiger partial charge in [0, 0.05) is 17.7 Å². The third-order valence-corrected chi connectivity index (χ3v) is 3.51. The van der Waals surface area contributed by atoms with E-state index < -0.39 is 0 Å². The fourth-order valence-corrected chi connectivity index (χ4v) is 1.55. The van der Waals surface area contributed by atoms with Crippen LogP contribution in [0.15, 0.2) is 24.3 Å². The van der Waals surface area contributed by atoms with Crippen molar-refractivity contribution in [2.24, 2.45) is 17.1 Å². The van der Waals surface area contributed by atoms with Crippen molar-refractivity contribution in [2.75, 3.05) is 13.1 Å². The number of amides is 1. The van der Waals surface area contributed by atoms with Crippen molar-refractivity contribution >= 4 is 5.91 Å². The van der Waals surface area contributed by atoms with Crippen LogP contribution in [0.3, 0.4) is 0 Å². The van der Waals surface area contributed by atoms with E-state index in [4.69, 9.17) is 5.73 Å². The third kappa shape index (κ3) is 5.07. The van der Waals surface area contributed by atoms with Crippen molar-refractivity contribution in [1.29, 1.82) is 0 Å². The standard InChI is InChI=1S/C17H24N2O/c1-13(17(2,3)4)12-19-16(20)15-9-5-7-14(11-15)8-6-10-18/h5,7,9,11,13H,10,12,18H2,1-4H3,(H,19,20). The summed E-state index contributed by atoms with van der Waals surface area (Å²) in [5, 5.41) is 2.98. The molecule has 0 bridgehead atoms. The summed E-state index contributed by atoms with van der Waals surface area (Å²) < 4.78 is 0. The molecule has 0 aliphatic heterocycles. The number of nitrogens with two attached hydrogens (primary N) is 1. The maximum Gasteiger partial charge on any atom is 0.251 e. The Morgan fingerprint density at radius 3 is 2.70 bits per heavy atom. The summed E-state index contributed by atoms with van der Waals surface area (Å²) in [7, 11) is 0. The van der Waals surface area contributed by atoms with Gasteiger partial charge in [-0.2, -0.15) is 0 Å². The maximum atomic E-state index is 12.1. The van der Waals surface area contributed by atoms with Crippen LogP contribution in [0.5, 0.6) is 0 Å². The second-order valence-corrected chi connectivity index (χ2v) is 6.06. The second kappa shape index (κ2) is 7.12. The summed E-state index contributed by atoms with van der Waals surface area (Å²) in [4.78, 5) is 12.1. The summed E-state index contributed by atoms with van der Waals surface area (Å²) in [5.74, 6) is 6.07. The second-order valence-electron chi connectivity index (χ2n) is 6.06. The topological polar surface area (TPSA) is 55.1 Å². The zero-order chi connectivity index (χ0) is 15.2. The Balaban J connectivity index is 2.69. The van der Waals surface area contributed by atoms with Crippen molar-refractivity contribution < 1.29 is 4.79 Å². The minimum Gasteiger partial charge on any atom is -0.352 e. The molecule has 1 aromatic carbocycles. The minimum absolute atomic E-state index is 0.0579. The molecule has 0 aliphatic carbocycles. The van der Waals surface area contributed by atoms with Crippen LogP contribution in [0, 0.1) is 23.2 Å². The molecule has 1 aromatic rings. The van der Waals surface area contributed by atoms with Crippen LogP contribution in [-0.2, 0) is 0 Å². The van der Waals surface area contributed by atoms with Crippen LogP contribution in [0.25, 0.3) is 0 Å². The molecule has 0 saturated heterocycles. The van der Waals surface area contributed by atoms with Crippen molar-refractivity contribution in [2.45, 2.75) is 27.7 Å². The van der Waals surface area contributed by atoms with Gasteiger partial charge >= 0.3 is 0 Å². The number of nitrogens with one attached hydrogen (secondary N) is 1. The fraction of sp³-hybridized carbons (Fsp3) is 0.471. The van der Waals surface area contributed by atoms with E-state index in [-0.39, 0.29) is 11.3 Å². The predicted molar refractivity (Wildman–Crippen MR) is 83.3 cm³/mol. The Morgan fingerprint density at radius 2 is 2.10 bits per heavy atom. The highest BCUT2D eigenvalue weighted by Gasteiger charge is 2.20. The fourth-order valence-electron chi connectivity index (χ4n) is 1.55. The Labute approximate surface area is 121 Å². The lowest BCUT2D eigenvalue weighted by molar-refractivity contribution is 0.0937. The van der Waals surface area contributed by atoms with Gasteiger partial charge in [-0.25, -0.2) is 0 Å². The number of carbonyl (C=O) groups excluding carboxylic acids is 1. The van der Waals surface area contributed by atoms with Crippen LogP contribution < -0.4 is 11.1 Å². The molecule has 20 heavy (non-hydrogen) atoms. The minimum atomic E-state index is -0.0579. The number of carbonyl (C=O) groups is 1. The zero-order valence-electron chi connectivity index (χ0n) is 12.8. The quantitative estimate of drug-likeness (QED) is 0.830. The van der Waals surface area contributed by atoms with Crippen LogP contribution in [-0.4, -0.2) is 19.0 Å². The lowest BCUT2D eigenvalue weighted by Crippen LogP contribution is -2.33. The van der Waals surface area contributed by atoms with Crippen molar-refractivity contribution in [1.82, 2.24) is 5.32 Å². The van der Waals surface area contributed by atoms with Gasteiger partial charge in [-0.05, 0) is 29.5 Å². The number of hydrogen-bond acceptors (Lipinski definition) is 2. The molecule has 0 saturated carbocycles. The molecule has 0 fully saturated rings. The van der Waals surface area contributed by atoms with Crippen molar-refractivity contribution in [3.05, 3.63) is 35.4 Å². The van der Waals surface area contributed by atoms with E-state index in [0.29, 0.717) is 24.6 Å². The Bertz CT molecular complexity index is 518. The van der Waals surface area contributed by atoms with Gasteiger partial charge in [-0.3, -0.25) is 4.79 Å². The Hall–Kier alpha value is -1.79. The SMILES string of the molecule is CC(CNC(=O)c1cccc(C#CCN)c1)C(C)(C)C. The zero-order valence-corrected chi connectivity index (χ0v) is 12.8. The molecule has 1 atom stereocenters. The van der Waals surface area contributed by atoms with Crippen LogP contribution in [0.1, 0.15) is 43.6 Å². The Morgan fingerprint density at radius 1 is 1.40 bits per heavy atom. The summed E-state index contributed by atoms with van der Waals surface area (Å²) in [6.07, 6.45) is 0. The van der Waals surface area contributed by atoms with Gasteiger partial charge in [-0.15, -0.1) is 0 Å². The molecule has 3 heteroatoms. The first-order valence-corrected chi connectivity index (χ1v) is 6.92. The molecule has 0 aromatic heterocycles. The first kappa shape index (κ1) is 16.3. The van der Waals surface area contributed by atoms with Gasteiger partial charge in [-0.1, -0.05) is 45.6 Å². The average Bonchev–Trinajstić information content (AvgIpc) is 2.41. The van der Waals surface area contributed by atoms with E-state index in [2.05, 4.69) is 44.9 Å². The van der Waals surface area contributed by atoms with Gasteiger partial charge in [0.2, 0.25) is 0 Å². The first-order chi connectivity index (χ1) is 9.34. The molecule has 0 heterocycles. The lowest BCUT2D eigenvalue weighted by Gasteiger charge is -2.27. The maximum absolute atomic E-state index is 12.1. The smallest absolute Gasteiger partial charge is 0.251 e. The van der Waals surface area contributed by atoms with E-state index in [9.17, 15) is 4.79 Å². The van der Waals surface area contributed by atoms with Crippen LogP contribution >= 0.6 is 0 Å². The van der Waals surface area contributed by atoms with Crippen LogP contribution in [0.4, 0.5) is 0 Å². The van der Waals surface area contributed by atoms with E-state index in [1.165, 1.54) is 0 Å². The van der Waals surface area contributed by atoms with Gasteiger partial charge < -0.3 is 11.1 Å².